The van der Waals surface area contributed by atoms with Crippen LogP contribution in [0.15, 0.2) is 30.7 Å². The molecule has 1 fully saturated rings. The first-order valence-corrected chi connectivity index (χ1v) is 12.0. The van der Waals surface area contributed by atoms with Crippen LogP contribution in [-0.4, -0.2) is 63.8 Å². The Bertz CT molecular complexity index is 1220. The number of piperidine rings is 1. The number of sulfonamides is 1. The van der Waals surface area contributed by atoms with Crippen molar-refractivity contribution < 1.29 is 13.2 Å². The standard InChI is InChI=1S/C20H24N6O3S/c1-13-12-25-18(16(11-23-25)14-5-9-24(10-6-14)30(2,28)29)20(27)26(13)17-4-8-22-19-15(17)3-7-21-19/h3-4,7-8,11,13-14H,5-6,9-10,12H2,1-2H3,(H,21,22)/t13-/m1/s1. The molecule has 30 heavy (non-hydrogen) atoms. The molecule has 0 radical (unpaired) electrons. The molecule has 1 saturated heterocycles. The summed E-state index contributed by atoms with van der Waals surface area (Å²) in [6.45, 7) is 3.57. The number of rotatable bonds is 3. The number of aromatic nitrogens is 4. The van der Waals surface area contributed by atoms with Crippen molar-refractivity contribution >= 4 is 32.7 Å². The van der Waals surface area contributed by atoms with Gasteiger partial charge in [-0.1, -0.05) is 0 Å². The monoisotopic (exact) mass is 428 g/mol. The van der Waals surface area contributed by atoms with Crippen LogP contribution < -0.4 is 4.90 Å². The van der Waals surface area contributed by atoms with Gasteiger partial charge in [0.15, 0.2) is 0 Å². The van der Waals surface area contributed by atoms with Crippen LogP contribution in [0.4, 0.5) is 5.69 Å². The van der Waals surface area contributed by atoms with Crippen LogP contribution in [-0.2, 0) is 16.6 Å². The van der Waals surface area contributed by atoms with E-state index in [0.29, 0.717) is 38.2 Å². The first-order valence-electron chi connectivity index (χ1n) is 10.1. The van der Waals surface area contributed by atoms with E-state index >= 15 is 0 Å². The van der Waals surface area contributed by atoms with E-state index in [-0.39, 0.29) is 17.9 Å². The van der Waals surface area contributed by atoms with Gasteiger partial charge in [0.25, 0.3) is 5.91 Å². The van der Waals surface area contributed by atoms with E-state index < -0.39 is 10.0 Å². The van der Waals surface area contributed by atoms with E-state index in [2.05, 4.69) is 15.1 Å². The molecule has 2 aliphatic heterocycles. The van der Waals surface area contributed by atoms with Crippen molar-refractivity contribution in [2.24, 2.45) is 0 Å². The molecule has 0 aliphatic carbocycles. The maximum absolute atomic E-state index is 13.7. The highest BCUT2D eigenvalue weighted by Gasteiger charge is 2.37. The molecule has 0 aromatic carbocycles. The Morgan fingerprint density at radius 2 is 1.97 bits per heavy atom. The SMILES string of the molecule is C[C@@H]1Cn2ncc(C3CCN(S(C)(=O)=O)CC3)c2C(=O)N1c1ccnc2[nH]ccc12. The summed E-state index contributed by atoms with van der Waals surface area (Å²) in [5.74, 6) is 0.0520. The van der Waals surface area contributed by atoms with E-state index in [0.717, 1.165) is 22.3 Å². The normalized spacial score (nSPS) is 21.3. The number of nitrogens with one attached hydrogen (secondary N) is 1. The fourth-order valence-corrected chi connectivity index (χ4v) is 5.59. The number of hydrogen-bond acceptors (Lipinski definition) is 5. The van der Waals surface area contributed by atoms with Crippen LogP contribution >= 0.6 is 0 Å². The predicted octanol–water partition coefficient (Wildman–Crippen LogP) is 1.95. The highest BCUT2D eigenvalue weighted by molar-refractivity contribution is 7.88. The van der Waals surface area contributed by atoms with Crippen molar-refractivity contribution in [3.8, 4) is 0 Å². The molecule has 2 aliphatic rings. The average molecular weight is 429 g/mol. The van der Waals surface area contributed by atoms with Crippen molar-refractivity contribution in [2.45, 2.75) is 38.3 Å². The summed E-state index contributed by atoms with van der Waals surface area (Å²) in [7, 11) is -3.19. The Labute approximate surface area is 174 Å². The van der Waals surface area contributed by atoms with Gasteiger partial charge in [-0.25, -0.2) is 17.7 Å². The van der Waals surface area contributed by atoms with Gasteiger partial charge in [0, 0.05) is 36.4 Å². The molecular formula is C20H24N6O3S. The Morgan fingerprint density at radius 3 is 2.70 bits per heavy atom. The first-order chi connectivity index (χ1) is 14.3. The number of fused-ring (bicyclic) bond motifs is 2. The van der Waals surface area contributed by atoms with Gasteiger partial charge in [-0.05, 0) is 37.8 Å². The second kappa shape index (κ2) is 6.92. The van der Waals surface area contributed by atoms with E-state index in [1.807, 2.05) is 30.2 Å². The Hall–Kier alpha value is -2.72. The molecule has 1 N–H and O–H groups in total. The number of anilines is 1. The molecule has 3 aromatic heterocycles. The maximum atomic E-state index is 13.7. The van der Waals surface area contributed by atoms with Crippen LogP contribution in [0, 0.1) is 0 Å². The third kappa shape index (κ3) is 3.02. The molecule has 3 aromatic rings. The number of carbonyl (C=O) groups is 1. The summed E-state index contributed by atoms with van der Waals surface area (Å²) >= 11 is 0. The zero-order chi connectivity index (χ0) is 21.0. The zero-order valence-electron chi connectivity index (χ0n) is 16.9. The summed E-state index contributed by atoms with van der Waals surface area (Å²) in [6.07, 6.45) is 7.95. The van der Waals surface area contributed by atoms with Gasteiger partial charge in [-0.2, -0.15) is 5.10 Å². The third-order valence-corrected chi connectivity index (χ3v) is 7.53. The van der Waals surface area contributed by atoms with Crippen molar-refractivity contribution in [2.75, 3.05) is 24.2 Å². The highest BCUT2D eigenvalue weighted by atomic mass is 32.2. The van der Waals surface area contributed by atoms with Crippen molar-refractivity contribution in [1.29, 1.82) is 0 Å². The average Bonchev–Trinajstić information content (AvgIpc) is 3.35. The van der Waals surface area contributed by atoms with Gasteiger partial charge >= 0.3 is 0 Å². The number of carbonyl (C=O) groups excluding carboxylic acids is 1. The zero-order valence-corrected chi connectivity index (χ0v) is 17.8. The lowest BCUT2D eigenvalue weighted by atomic mass is 9.89. The van der Waals surface area contributed by atoms with Gasteiger partial charge in [-0.15, -0.1) is 0 Å². The largest absolute Gasteiger partial charge is 0.346 e. The summed E-state index contributed by atoms with van der Waals surface area (Å²) in [5.41, 5.74) is 3.12. The number of pyridine rings is 1. The van der Waals surface area contributed by atoms with E-state index in [1.165, 1.54) is 10.6 Å². The van der Waals surface area contributed by atoms with Crippen LogP contribution in [0.2, 0.25) is 0 Å². The third-order valence-electron chi connectivity index (χ3n) is 6.23. The Morgan fingerprint density at radius 1 is 1.20 bits per heavy atom. The topological polar surface area (TPSA) is 104 Å². The molecule has 1 atom stereocenters. The first kappa shape index (κ1) is 19.3. The summed E-state index contributed by atoms with van der Waals surface area (Å²) in [5, 5.41) is 5.41. The Kier molecular flexibility index (Phi) is 4.44. The molecule has 1 amide bonds. The number of nitrogens with zero attached hydrogens (tertiary/aromatic N) is 5. The highest BCUT2D eigenvalue weighted by Crippen LogP contribution is 2.36. The van der Waals surface area contributed by atoms with Crippen LogP contribution in [0.1, 0.15) is 41.7 Å². The van der Waals surface area contributed by atoms with Crippen molar-refractivity contribution in [3.05, 3.63) is 42.0 Å². The van der Waals surface area contributed by atoms with Crippen LogP contribution in [0.3, 0.4) is 0 Å². The minimum absolute atomic E-state index is 0.0506. The fraction of sp³-hybridized carbons (Fsp3) is 0.450. The van der Waals surface area contributed by atoms with Crippen LogP contribution in [0.5, 0.6) is 0 Å². The smallest absolute Gasteiger partial charge is 0.277 e. The maximum Gasteiger partial charge on any atom is 0.277 e. The molecule has 10 heteroatoms. The molecule has 9 nitrogen and oxygen atoms in total. The number of H-pyrrole nitrogens is 1. The fourth-order valence-electron chi connectivity index (χ4n) is 4.72. The van der Waals surface area contributed by atoms with Crippen molar-refractivity contribution in [1.82, 2.24) is 24.1 Å². The molecule has 0 spiro atoms. The minimum Gasteiger partial charge on any atom is -0.346 e. The van der Waals surface area contributed by atoms with Gasteiger partial charge in [-0.3, -0.25) is 9.48 Å². The molecule has 0 unspecified atom stereocenters. The molecule has 158 valence electrons. The Balaban J connectivity index is 1.49. The summed E-state index contributed by atoms with van der Waals surface area (Å²) < 4.78 is 27.0. The number of hydrogen-bond donors (Lipinski definition) is 1. The molecule has 0 saturated carbocycles. The van der Waals surface area contributed by atoms with Crippen molar-refractivity contribution in [3.63, 3.8) is 0 Å². The lowest BCUT2D eigenvalue weighted by Crippen LogP contribution is -2.47. The second-order valence-electron chi connectivity index (χ2n) is 8.16. The van der Waals surface area contributed by atoms with Gasteiger partial charge in [0.2, 0.25) is 10.0 Å². The minimum atomic E-state index is -3.19. The summed E-state index contributed by atoms with van der Waals surface area (Å²) in [4.78, 5) is 22.9. The number of aromatic amines is 1. The van der Waals surface area contributed by atoms with Crippen LogP contribution in [0.25, 0.3) is 11.0 Å². The molecule has 5 rings (SSSR count). The van der Waals surface area contributed by atoms with E-state index in [1.54, 1.807) is 17.1 Å². The van der Waals surface area contributed by atoms with E-state index in [9.17, 15) is 13.2 Å². The predicted molar refractivity (Wildman–Crippen MR) is 113 cm³/mol. The molecule has 0 bridgehead atoms. The molecular weight excluding hydrogens is 404 g/mol. The summed E-state index contributed by atoms with van der Waals surface area (Å²) in [6, 6.07) is 3.76. The number of amides is 1. The second-order valence-corrected chi connectivity index (χ2v) is 10.1. The lowest BCUT2D eigenvalue weighted by molar-refractivity contribution is 0.0945. The van der Waals surface area contributed by atoms with Gasteiger partial charge < -0.3 is 9.88 Å². The van der Waals surface area contributed by atoms with Gasteiger partial charge in [0.1, 0.15) is 11.3 Å². The van der Waals surface area contributed by atoms with E-state index in [4.69, 9.17) is 0 Å². The lowest BCUT2D eigenvalue weighted by Gasteiger charge is -2.36. The van der Waals surface area contributed by atoms with Gasteiger partial charge in [0.05, 0.1) is 30.7 Å². The molecule has 5 heterocycles. The quantitative estimate of drug-likeness (QED) is 0.687.